The first-order valence-electron chi connectivity index (χ1n) is 2.12. The van der Waals surface area contributed by atoms with Gasteiger partial charge in [0.25, 0.3) is 0 Å². The Kier molecular flexibility index (Phi) is 2.18. The van der Waals surface area contributed by atoms with Crippen molar-refractivity contribution in [3.63, 3.8) is 0 Å². The monoisotopic (exact) mass is 122 g/mol. The van der Waals surface area contributed by atoms with Crippen LogP contribution < -0.4 is 0 Å². The van der Waals surface area contributed by atoms with Crippen LogP contribution in [-0.4, -0.2) is 14.9 Å². The summed E-state index contributed by atoms with van der Waals surface area (Å²) in [5.41, 5.74) is 0. The molecule has 3 heteroatoms. The fourth-order valence-electron chi connectivity index (χ4n) is 0. The van der Waals surface area contributed by atoms with Gasteiger partial charge in [-0.1, -0.05) is 20.8 Å². The zero-order chi connectivity index (χ0) is 6.08. The smallest absolute Gasteiger partial charge is 0.170 e. The highest BCUT2D eigenvalue weighted by Gasteiger charge is 2.19. The summed E-state index contributed by atoms with van der Waals surface area (Å²) < 4.78 is 0. The van der Waals surface area contributed by atoms with Crippen molar-refractivity contribution in [3.05, 3.63) is 0 Å². The third-order valence-corrected chi connectivity index (χ3v) is 1.80. The quantitative estimate of drug-likeness (QED) is 0.472. The standard InChI is InChI=1S/C4H11O2P/c1-4(2,3)7(5)6/h5-6H,1-3H3. The lowest BCUT2D eigenvalue weighted by Gasteiger charge is -2.18. The lowest BCUT2D eigenvalue weighted by molar-refractivity contribution is 0.445. The Morgan fingerprint density at radius 2 is 1.29 bits per heavy atom. The van der Waals surface area contributed by atoms with Crippen LogP contribution in [0.15, 0.2) is 0 Å². The minimum Gasteiger partial charge on any atom is -0.350 e. The minimum absolute atomic E-state index is 0.324. The van der Waals surface area contributed by atoms with Crippen LogP contribution >= 0.6 is 8.38 Å². The minimum atomic E-state index is -1.74. The fourth-order valence-corrected chi connectivity index (χ4v) is 0. The maximum absolute atomic E-state index is 8.51. The molecule has 0 aromatic rings. The Labute approximate surface area is 45.1 Å². The molecule has 0 aromatic heterocycles. The predicted molar refractivity (Wildman–Crippen MR) is 31.1 cm³/mol. The number of hydrogen-bond acceptors (Lipinski definition) is 2. The van der Waals surface area contributed by atoms with E-state index in [4.69, 9.17) is 9.79 Å². The molecule has 0 rings (SSSR count). The molecule has 0 heterocycles. The van der Waals surface area contributed by atoms with Crippen LogP contribution in [0.2, 0.25) is 0 Å². The molecule has 2 N–H and O–H groups in total. The van der Waals surface area contributed by atoms with Gasteiger partial charge in [-0.3, -0.25) is 0 Å². The molecule has 0 bridgehead atoms. The SMILES string of the molecule is CC(C)(C)P(O)O. The number of rotatable bonds is 0. The molecule has 0 unspecified atom stereocenters. The second kappa shape index (κ2) is 2.08. The molecule has 0 aliphatic heterocycles. The Balaban J connectivity index is 3.54. The third kappa shape index (κ3) is 2.98. The highest BCUT2D eigenvalue weighted by molar-refractivity contribution is 7.46. The molecule has 0 fully saturated rings. The number of hydrogen-bond donors (Lipinski definition) is 2. The molecule has 7 heavy (non-hydrogen) atoms. The van der Waals surface area contributed by atoms with Crippen LogP contribution in [0.5, 0.6) is 0 Å². The van der Waals surface area contributed by atoms with Crippen molar-refractivity contribution in [2.24, 2.45) is 0 Å². The Morgan fingerprint density at radius 1 is 1.14 bits per heavy atom. The van der Waals surface area contributed by atoms with Crippen LogP contribution in [0, 0.1) is 0 Å². The largest absolute Gasteiger partial charge is 0.350 e. The summed E-state index contributed by atoms with van der Waals surface area (Å²) in [4.78, 5) is 17.0. The van der Waals surface area contributed by atoms with Crippen LogP contribution in [-0.2, 0) is 0 Å². The van der Waals surface area contributed by atoms with Crippen molar-refractivity contribution in [2.75, 3.05) is 0 Å². The first kappa shape index (κ1) is 7.35. The van der Waals surface area contributed by atoms with Crippen LogP contribution in [0.1, 0.15) is 20.8 Å². The highest BCUT2D eigenvalue weighted by atomic mass is 31.2. The molecule has 0 atom stereocenters. The first-order valence-corrected chi connectivity index (χ1v) is 3.37. The van der Waals surface area contributed by atoms with E-state index in [2.05, 4.69) is 0 Å². The molecule has 2 nitrogen and oxygen atoms in total. The Morgan fingerprint density at radius 3 is 1.29 bits per heavy atom. The summed E-state index contributed by atoms with van der Waals surface area (Å²) >= 11 is 0. The van der Waals surface area contributed by atoms with E-state index in [0.717, 1.165) is 0 Å². The summed E-state index contributed by atoms with van der Waals surface area (Å²) in [6.45, 7) is 5.37. The van der Waals surface area contributed by atoms with Gasteiger partial charge in [0.2, 0.25) is 0 Å². The second-order valence-electron chi connectivity index (χ2n) is 2.46. The van der Waals surface area contributed by atoms with Crippen molar-refractivity contribution in [3.8, 4) is 0 Å². The van der Waals surface area contributed by atoms with E-state index in [0.29, 0.717) is 0 Å². The molecule has 0 aliphatic rings. The van der Waals surface area contributed by atoms with Gasteiger partial charge in [-0.05, 0) is 0 Å². The summed E-state index contributed by atoms with van der Waals surface area (Å²) in [5, 5.41) is -0.324. The van der Waals surface area contributed by atoms with Gasteiger partial charge in [0.05, 0.1) is 0 Å². The van der Waals surface area contributed by atoms with Gasteiger partial charge in [-0.25, -0.2) is 0 Å². The van der Waals surface area contributed by atoms with Crippen LogP contribution in [0.3, 0.4) is 0 Å². The molecule has 0 amide bonds. The van der Waals surface area contributed by atoms with E-state index in [1.807, 2.05) is 0 Å². The summed E-state index contributed by atoms with van der Waals surface area (Å²) in [6.07, 6.45) is 0. The third-order valence-electron chi connectivity index (χ3n) is 0.600. The summed E-state index contributed by atoms with van der Waals surface area (Å²) in [5.74, 6) is 0. The van der Waals surface area contributed by atoms with Gasteiger partial charge in [-0.15, -0.1) is 0 Å². The maximum Gasteiger partial charge on any atom is 0.170 e. The fraction of sp³-hybridized carbons (Fsp3) is 1.00. The van der Waals surface area contributed by atoms with Crippen molar-refractivity contribution < 1.29 is 9.79 Å². The zero-order valence-corrected chi connectivity index (χ0v) is 5.74. The van der Waals surface area contributed by atoms with Crippen molar-refractivity contribution in [2.45, 2.75) is 25.9 Å². The Bertz CT molecular complexity index is 55.2. The molecule has 0 spiro atoms. The van der Waals surface area contributed by atoms with E-state index in [1.165, 1.54) is 0 Å². The molecule has 44 valence electrons. The summed E-state index contributed by atoms with van der Waals surface area (Å²) in [6, 6.07) is 0. The lowest BCUT2D eigenvalue weighted by atomic mass is 10.3. The lowest BCUT2D eigenvalue weighted by Crippen LogP contribution is -2.09. The molecular weight excluding hydrogens is 111 g/mol. The van der Waals surface area contributed by atoms with Gasteiger partial charge < -0.3 is 9.79 Å². The molecule has 0 aliphatic carbocycles. The van der Waals surface area contributed by atoms with Gasteiger partial charge in [-0.2, -0.15) is 0 Å². The van der Waals surface area contributed by atoms with E-state index in [-0.39, 0.29) is 5.16 Å². The average Bonchev–Trinajstić information content (AvgIpc) is 1.31. The van der Waals surface area contributed by atoms with Crippen LogP contribution in [0.25, 0.3) is 0 Å². The summed E-state index contributed by atoms with van der Waals surface area (Å²) in [7, 11) is -1.74. The average molecular weight is 122 g/mol. The molecular formula is C4H11O2P. The molecule has 0 saturated carbocycles. The van der Waals surface area contributed by atoms with E-state index < -0.39 is 8.38 Å². The van der Waals surface area contributed by atoms with Crippen molar-refractivity contribution in [1.29, 1.82) is 0 Å². The van der Waals surface area contributed by atoms with E-state index >= 15 is 0 Å². The van der Waals surface area contributed by atoms with Gasteiger partial charge in [0, 0.05) is 5.16 Å². The Hall–Kier alpha value is 0.350. The van der Waals surface area contributed by atoms with Crippen LogP contribution in [0.4, 0.5) is 0 Å². The second-order valence-corrected chi connectivity index (χ2v) is 4.38. The van der Waals surface area contributed by atoms with Crippen molar-refractivity contribution >= 4 is 8.38 Å². The molecule has 0 saturated heterocycles. The normalized spacial score (nSPS) is 12.9. The topological polar surface area (TPSA) is 40.5 Å². The van der Waals surface area contributed by atoms with Gasteiger partial charge >= 0.3 is 0 Å². The highest BCUT2D eigenvalue weighted by Crippen LogP contribution is 2.40. The predicted octanol–water partition coefficient (Wildman–Crippen LogP) is 1.08. The maximum atomic E-state index is 8.51. The van der Waals surface area contributed by atoms with Gasteiger partial charge in [0.15, 0.2) is 8.38 Å². The molecule has 0 radical (unpaired) electrons. The zero-order valence-electron chi connectivity index (χ0n) is 4.84. The first-order chi connectivity index (χ1) is 2.94. The van der Waals surface area contributed by atoms with Gasteiger partial charge in [0.1, 0.15) is 0 Å². The van der Waals surface area contributed by atoms with E-state index in [1.54, 1.807) is 20.8 Å². The van der Waals surface area contributed by atoms with Crippen molar-refractivity contribution in [1.82, 2.24) is 0 Å². The molecule has 0 aromatic carbocycles. The van der Waals surface area contributed by atoms with E-state index in [9.17, 15) is 0 Å².